The van der Waals surface area contributed by atoms with Gasteiger partial charge in [-0.25, -0.2) is 4.39 Å². The zero-order valence-corrected chi connectivity index (χ0v) is 13.8. The second-order valence-corrected chi connectivity index (χ2v) is 5.48. The number of carbonyl (C=O) groups excluding carboxylic acids is 1. The van der Waals surface area contributed by atoms with Gasteiger partial charge in [-0.05, 0) is 62.2 Å². The number of amides is 1. The summed E-state index contributed by atoms with van der Waals surface area (Å²) in [4.78, 5) is 14.2. The Kier molecular flexibility index (Phi) is 5.74. The molecule has 0 aliphatic carbocycles. The first-order valence-electron chi connectivity index (χ1n) is 7.77. The third-order valence-electron chi connectivity index (χ3n) is 3.67. The van der Waals surface area contributed by atoms with Crippen LogP contribution in [0.15, 0.2) is 42.5 Å². The van der Waals surface area contributed by atoms with Crippen LogP contribution in [0, 0.1) is 19.7 Å². The molecule has 122 valence electrons. The van der Waals surface area contributed by atoms with Crippen LogP contribution >= 0.6 is 0 Å². The van der Waals surface area contributed by atoms with E-state index in [1.807, 2.05) is 39.0 Å². The number of aryl methyl sites for hydroxylation is 2. The number of carbonyl (C=O) groups is 1. The number of hydrogen-bond acceptors (Lipinski definition) is 2. The van der Waals surface area contributed by atoms with Crippen LogP contribution < -0.4 is 9.64 Å². The van der Waals surface area contributed by atoms with Gasteiger partial charge in [0.1, 0.15) is 11.6 Å². The van der Waals surface area contributed by atoms with Crippen molar-refractivity contribution in [2.45, 2.75) is 27.2 Å². The van der Waals surface area contributed by atoms with E-state index in [1.54, 1.807) is 17.0 Å². The zero-order valence-electron chi connectivity index (χ0n) is 13.8. The minimum absolute atomic E-state index is 0.0170. The van der Waals surface area contributed by atoms with E-state index in [2.05, 4.69) is 0 Å². The van der Waals surface area contributed by atoms with E-state index >= 15 is 0 Å². The maximum Gasteiger partial charge on any atom is 0.230 e. The molecule has 2 aromatic carbocycles. The molecule has 0 radical (unpaired) electrons. The van der Waals surface area contributed by atoms with Gasteiger partial charge in [0, 0.05) is 12.2 Å². The molecule has 0 aliphatic heterocycles. The number of benzene rings is 2. The van der Waals surface area contributed by atoms with Gasteiger partial charge in [0.05, 0.1) is 13.0 Å². The van der Waals surface area contributed by atoms with Crippen molar-refractivity contribution in [1.82, 2.24) is 0 Å². The number of hydrogen-bond donors (Lipinski definition) is 0. The van der Waals surface area contributed by atoms with Crippen LogP contribution in [0.1, 0.15) is 24.5 Å². The van der Waals surface area contributed by atoms with E-state index in [-0.39, 0.29) is 24.8 Å². The molecule has 1 amide bonds. The summed E-state index contributed by atoms with van der Waals surface area (Å²) in [5.41, 5.74) is 3.14. The van der Waals surface area contributed by atoms with Crippen molar-refractivity contribution < 1.29 is 13.9 Å². The zero-order chi connectivity index (χ0) is 16.8. The third kappa shape index (κ3) is 4.55. The topological polar surface area (TPSA) is 29.5 Å². The summed E-state index contributed by atoms with van der Waals surface area (Å²) in [6.45, 7) is 6.85. The summed E-state index contributed by atoms with van der Waals surface area (Å²) >= 11 is 0. The molecule has 3 nitrogen and oxygen atoms in total. The van der Waals surface area contributed by atoms with E-state index in [0.717, 1.165) is 16.8 Å². The fourth-order valence-electron chi connectivity index (χ4n) is 2.41. The molecule has 0 saturated heterocycles. The monoisotopic (exact) mass is 315 g/mol. The third-order valence-corrected chi connectivity index (χ3v) is 3.67. The Morgan fingerprint density at radius 1 is 1.13 bits per heavy atom. The van der Waals surface area contributed by atoms with E-state index in [1.165, 1.54) is 12.1 Å². The Bertz CT molecular complexity index is 668. The Morgan fingerprint density at radius 3 is 2.48 bits per heavy atom. The lowest BCUT2D eigenvalue weighted by Crippen LogP contribution is -2.32. The second-order valence-electron chi connectivity index (χ2n) is 5.48. The number of ether oxygens (including phenoxy) is 1. The molecule has 0 spiro atoms. The van der Waals surface area contributed by atoms with Crippen LogP contribution in [0.25, 0.3) is 0 Å². The normalized spacial score (nSPS) is 10.4. The summed E-state index contributed by atoms with van der Waals surface area (Å²) in [5, 5.41) is 0. The van der Waals surface area contributed by atoms with Crippen molar-refractivity contribution in [3.63, 3.8) is 0 Å². The van der Waals surface area contributed by atoms with Gasteiger partial charge >= 0.3 is 0 Å². The first-order chi connectivity index (χ1) is 11.0. The van der Waals surface area contributed by atoms with Crippen molar-refractivity contribution in [3.05, 3.63) is 59.4 Å². The van der Waals surface area contributed by atoms with Crippen molar-refractivity contribution in [3.8, 4) is 5.75 Å². The van der Waals surface area contributed by atoms with Gasteiger partial charge in [-0.15, -0.1) is 0 Å². The minimum Gasteiger partial charge on any atom is -0.493 e. The Balaban J connectivity index is 1.97. The Labute approximate surface area is 136 Å². The molecule has 0 saturated carbocycles. The molecule has 0 aliphatic rings. The molecular formula is C19H22FNO2. The molecule has 0 heterocycles. The molecule has 2 aromatic rings. The molecular weight excluding hydrogens is 293 g/mol. The molecule has 23 heavy (non-hydrogen) atoms. The van der Waals surface area contributed by atoms with Gasteiger partial charge in [0.25, 0.3) is 0 Å². The predicted octanol–water partition coefficient (Wildman–Crippen LogP) is 4.26. The second kappa shape index (κ2) is 7.77. The lowest BCUT2D eigenvalue weighted by Gasteiger charge is -2.23. The molecule has 0 aromatic heterocycles. The maximum atomic E-state index is 12.8. The van der Waals surface area contributed by atoms with E-state index in [0.29, 0.717) is 12.3 Å². The SMILES string of the molecule is CCN(C(=O)CCOc1ccc(F)cc1)c1cc(C)ccc1C. The number of anilines is 1. The van der Waals surface area contributed by atoms with Crippen molar-refractivity contribution in [1.29, 1.82) is 0 Å². The average molecular weight is 315 g/mol. The summed E-state index contributed by atoms with van der Waals surface area (Å²) in [5.74, 6) is 0.276. The van der Waals surface area contributed by atoms with Crippen LogP contribution in [-0.4, -0.2) is 19.1 Å². The van der Waals surface area contributed by atoms with Gasteiger partial charge < -0.3 is 9.64 Å². The number of halogens is 1. The lowest BCUT2D eigenvalue weighted by molar-refractivity contribution is -0.119. The molecule has 0 unspecified atom stereocenters. The fourth-order valence-corrected chi connectivity index (χ4v) is 2.41. The molecule has 0 fully saturated rings. The molecule has 0 atom stereocenters. The maximum absolute atomic E-state index is 12.8. The van der Waals surface area contributed by atoms with Gasteiger partial charge in [-0.1, -0.05) is 12.1 Å². The van der Waals surface area contributed by atoms with Crippen molar-refractivity contribution in [2.75, 3.05) is 18.1 Å². The van der Waals surface area contributed by atoms with E-state index < -0.39 is 0 Å². The Morgan fingerprint density at radius 2 is 1.83 bits per heavy atom. The van der Waals surface area contributed by atoms with Crippen LogP contribution in [0.2, 0.25) is 0 Å². The summed E-state index contributed by atoms with van der Waals surface area (Å²) in [7, 11) is 0. The summed E-state index contributed by atoms with van der Waals surface area (Å²) < 4.78 is 18.3. The highest BCUT2D eigenvalue weighted by Gasteiger charge is 2.16. The van der Waals surface area contributed by atoms with E-state index in [4.69, 9.17) is 4.74 Å². The fraction of sp³-hybridized carbons (Fsp3) is 0.316. The van der Waals surface area contributed by atoms with Gasteiger partial charge in [-0.2, -0.15) is 0 Å². The van der Waals surface area contributed by atoms with Crippen molar-refractivity contribution >= 4 is 11.6 Å². The quantitative estimate of drug-likeness (QED) is 0.797. The standard InChI is InChI=1S/C19H22FNO2/c1-4-21(18-13-14(2)5-6-15(18)3)19(22)11-12-23-17-9-7-16(20)8-10-17/h5-10,13H,4,11-12H2,1-3H3. The van der Waals surface area contributed by atoms with Crippen LogP contribution in [0.5, 0.6) is 5.75 Å². The average Bonchev–Trinajstić information content (AvgIpc) is 2.53. The molecule has 0 bridgehead atoms. The van der Waals surface area contributed by atoms with Crippen LogP contribution in [0.3, 0.4) is 0 Å². The Hall–Kier alpha value is -2.36. The van der Waals surface area contributed by atoms with Crippen LogP contribution in [0.4, 0.5) is 10.1 Å². The summed E-state index contributed by atoms with van der Waals surface area (Å²) in [6, 6.07) is 11.9. The highest BCUT2D eigenvalue weighted by atomic mass is 19.1. The van der Waals surface area contributed by atoms with Crippen LogP contribution in [-0.2, 0) is 4.79 Å². The number of rotatable bonds is 6. The smallest absolute Gasteiger partial charge is 0.230 e. The van der Waals surface area contributed by atoms with Gasteiger partial charge in [0.2, 0.25) is 5.91 Å². The lowest BCUT2D eigenvalue weighted by atomic mass is 10.1. The first-order valence-corrected chi connectivity index (χ1v) is 7.77. The van der Waals surface area contributed by atoms with E-state index in [9.17, 15) is 9.18 Å². The highest BCUT2D eigenvalue weighted by molar-refractivity contribution is 5.94. The highest BCUT2D eigenvalue weighted by Crippen LogP contribution is 2.22. The van der Waals surface area contributed by atoms with Gasteiger partial charge in [-0.3, -0.25) is 4.79 Å². The number of nitrogens with zero attached hydrogens (tertiary/aromatic N) is 1. The molecule has 0 N–H and O–H groups in total. The minimum atomic E-state index is -0.305. The first kappa shape index (κ1) is 17.0. The molecule has 2 rings (SSSR count). The largest absolute Gasteiger partial charge is 0.493 e. The van der Waals surface area contributed by atoms with Crippen molar-refractivity contribution in [2.24, 2.45) is 0 Å². The predicted molar refractivity (Wildman–Crippen MR) is 90.5 cm³/mol. The summed E-state index contributed by atoms with van der Waals surface area (Å²) in [6.07, 6.45) is 0.276. The molecule has 4 heteroatoms. The van der Waals surface area contributed by atoms with Gasteiger partial charge in [0.15, 0.2) is 0 Å².